The maximum Gasteiger partial charge on any atom is 0.0369 e. The molecule has 0 N–H and O–H groups in total. The molecule has 0 amide bonds. The van der Waals surface area contributed by atoms with E-state index in [0.29, 0.717) is 0 Å². The van der Waals surface area contributed by atoms with Crippen LogP contribution < -0.4 is 4.90 Å². The first-order valence-electron chi connectivity index (χ1n) is 4.78. The van der Waals surface area contributed by atoms with Gasteiger partial charge < -0.3 is 4.90 Å². The molecule has 1 saturated heterocycles. The topological polar surface area (TPSA) is 3.24 Å². The van der Waals surface area contributed by atoms with E-state index in [1.54, 1.807) is 0 Å². The maximum atomic E-state index is 3.52. The first-order valence-corrected chi connectivity index (χ1v) is 5.58. The normalized spacial score (nSPS) is 16.6. The maximum absolute atomic E-state index is 3.52. The number of halogens is 1. The zero-order valence-corrected chi connectivity index (χ0v) is 9.47. The molecular weight excluding hydrogens is 226 g/mol. The standard InChI is InChI=1S/C11H14BrN/c1-9-8-10(4-5-11(9)12)13-6-2-3-7-13/h4-5,8H,2-3,6-7H2,1H3. The Hall–Kier alpha value is -0.500. The van der Waals surface area contributed by atoms with Gasteiger partial charge in [-0.15, -0.1) is 0 Å². The summed E-state index contributed by atoms with van der Waals surface area (Å²) in [6, 6.07) is 6.60. The zero-order chi connectivity index (χ0) is 9.26. The third-order valence-corrected chi connectivity index (χ3v) is 3.50. The minimum Gasteiger partial charge on any atom is -0.372 e. The fourth-order valence-electron chi connectivity index (χ4n) is 1.80. The molecule has 70 valence electrons. The lowest BCUT2D eigenvalue weighted by molar-refractivity contribution is 0.949. The van der Waals surface area contributed by atoms with E-state index in [1.807, 2.05) is 0 Å². The molecule has 2 rings (SSSR count). The van der Waals surface area contributed by atoms with Crippen LogP contribution in [0.2, 0.25) is 0 Å². The highest BCUT2D eigenvalue weighted by Gasteiger charge is 2.12. The van der Waals surface area contributed by atoms with Crippen molar-refractivity contribution in [3.63, 3.8) is 0 Å². The summed E-state index contributed by atoms with van der Waals surface area (Å²) in [6.45, 7) is 4.59. The van der Waals surface area contributed by atoms with Crippen LogP contribution in [0, 0.1) is 6.92 Å². The van der Waals surface area contributed by atoms with E-state index >= 15 is 0 Å². The van der Waals surface area contributed by atoms with Crippen molar-refractivity contribution >= 4 is 21.6 Å². The summed E-state index contributed by atoms with van der Waals surface area (Å²) in [6.07, 6.45) is 2.68. The number of hydrogen-bond acceptors (Lipinski definition) is 1. The minimum absolute atomic E-state index is 1.20. The molecule has 1 heterocycles. The fourth-order valence-corrected chi connectivity index (χ4v) is 2.05. The largest absolute Gasteiger partial charge is 0.372 e. The molecule has 0 spiro atoms. The Labute approximate surface area is 87.9 Å². The molecule has 1 aromatic carbocycles. The second kappa shape index (κ2) is 3.70. The third kappa shape index (κ3) is 1.88. The molecule has 0 aliphatic carbocycles. The van der Waals surface area contributed by atoms with Gasteiger partial charge in [0.15, 0.2) is 0 Å². The Balaban J connectivity index is 2.25. The summed E-state index contributed by atoms with van der Waals surface area (Å²) in [5.41, 5.74) is 2.70. The molecule has 13 heavy (non-hydrogen) atoms. The summed E-state index contributed by atoms with van der Waals surface area (Å²) in [7, 11) is 0. The van der Waals surface area contributed by atoms with Gasteiger partial charge in [0.2, 0.25) is 0 Å². The van der Waals surface area contributed by atoms with Gasteiger partial charge in [0.25, 0.3) is 0 Å². The highest BCUT2D eigenvalue weighted by molar-refractivity contribution is 9.10. The van der Waals surface area contributed by atoms with Gasteiger partial charge >= 0.3 is 0 Å². The minimum atomic E-state index is 1.20. The molecule has 0 bridgehead atoms. The van der Waals surface area contributed by atoms with Gasteiger partial charge in [-0.3, -0.25) is 0 Å². The molecule has 0 unspecified atom stereocenters. The molecule has 0 saturated carbocycles. The number of nitrogens with zero attached hydrogens (tertiary/aromatic N) is 1. The number of aryl methyl sites for hydroxylation is 1. The zero-order valence-electron chi connectivity index (χ0n) is 7.89. The van der Waals surface area contributed by atoms with Crippen LogP contribution in [0.25, 0.3) is 0 Å². The van der Waals surface area contributed by atoms with Gasteiger partial charge in [0.05, 0.1) is 0 Å². The Bertz CT molecular complexity index is 303. The smallest absolute Gasteiger partial charge is 0.0369 e. The van der Waals surface area contributed by atoms with Crippen molar-refractivity contribution in [3.05, 3.63) is 28.2 Å². The van der Waals surface area contributed by atoms with Crippen LogP contribution in [-0.2, 0) is 0 Å². The number of anilines is 1. The summed E-state index contributed by atoms with van der Waals surface area (Å²) in [5.74, 6) is 0. The predicted molar refractivity (Wildman–Crippen MR) is 60.3 cm³/mol. The van der Waals surface area contributed by atoms with E-state index in [1.165, 1.54) is 41.7 Å². The van der Waals surface area contributed by atoms with Crippen molar-refractivity contribution in [1.82, 2.24) is 0 Å². The van der Waals surface area contributed by atoms with Crippen LogP contribution in [0.4, 0.5) is 5.69 Å². The Morgan fingerprint density at radius 2 is 1.92 bits per heavy atom. The monoisotopic (exact) mass is 239 g/mol. The predicted octanol–water partition coefficient (Wildman–Crippen LogP) is 3.36. The van der Waals surface area contributed by atoms with Crippen molar-refractivity contribution in [2.75, 3.05) is 18.0 Å². The Morgan fingerprint density at radius 1 is 1.23 bits per heavy atom. The van der Waals surface area contributed by atoms with Crippen LogP contribution >= 0.6 is 15.9 Å². The van der Waals surface area contributed by atoms with Crippen LogP contribution in [0.1, 0.15) is 18.4 Å². The van der Waals surface area contributed by atoms with Gasteiger partial charge in [-0.05, 0) is 43.5 Å². The van der Waals surface area contributed by atoms with Crippen LogP contribution in [0.15, 0.2) is 22.7 Å². The lowest BCUT2D eigenvalue weighted by Gasteiger charge is -2.18. The summed E-state index contributed by atoms with van der Waals surface area (Å²) in [5, 5.41) is 0. The van der Waals surface area contributed by atoms with Crippen LogP contribution in [0.3, 0.4) is 0 Å². The van der Waals surface area contributed by atoms with Crippen molar-refractivity contribution in [2.24, 2.45) is 0 Å². The molecule has 1 aliphatic heterocycles. The summed E-state index contributed by atoms with van der Waals surface area (Å²) >= 11 is 3.52. The molecule has 1 aliphatic rings. The van der Waals surface area contributed by atoms with Gasteiger partial charge in [0.1, 0.15) is 0 Å². The van der Waals surface area contributed by atoms with Gasteiger partial charge in [0, 0.05) is 23.2 Å². The summed E-state index contributed by atoms with van der Waals surface area (Å²) < 4.78 is 1.20. The van der Waals surface area contributed by atoms with E-state index in [0.717, 1.165) is 0 Å². The number of benzene rings is 1. The van der Waals surface area contributed by atoms with Crippen molar-refractivity contribution in [2.45, 2.75) is 19.8 Å². The number of rotatable bonds is 1. The highest BCUT2D eigenvalue weighted by Crippen LogP contribution is 2.25. The quantitative estimate of drug-likeness (QED) is 0.727. The van der Waals surface area contributed by atoms with Crippen LogP contribution in [-0.4, -0.2) is 13.1 Å². The second-order valence-electron chi connectivity index (χ2n) is 3.63. The van der Waals surface area contributed by atoms with Gasteiger partial charge in [-0.25, -0.2) is 0 Å². The number of hydrogen-bond donors (Lipinski definition) is 0. The van der Waals surface area contributed by atoms with E-state index < -0.39 is 0 Å². The van der Waals surface area contributed by atoms with E-state index in [-0.39, 0.29) is 0 Å². The molecule has 0 atom stereocenters. The van der Waals surface area contributed by atoms with Gasteiger partial charge in [-0.2, -0.15) is 0 Å². The van der Waals surface area contributed by atoms with E-state index in [4.69, 9.17) is 0 Å². The molecule has 2 heteroatoms. The third-order valence-electron chi connectivity index (χ3n) is 2.61. The van der Waals surface area contributed by atoms with E-state index in [9.17, 15) is 0 Å². The summed E-state index contributed by atoms with van der Waals surface area (Å²) in [4.78, 5) is 2.46. The average Bonchev–Trinajstić information content (AvgIpc) is 2.62. The fraction of sp³-hybridized carbons (Fsp3) is 0.455. The molecule has 1 nitrogen and oxygen atoms in total. The molecule has 1 aromatic rings. The van der Waals surface area contributed by atoms with E-state index in [2.05, 4.69) is 46.0 Å². The van der Waals surface area contributed by atoms with Crippen molar-refractivity contribution in [1.29, 1.82) is 0 Å². The lowest BCUT2D eigenvalue weighted by atomic mass is 10.2. The Morgan fingerprint density at radius 3 is 2.54 bits per heavy atom. The molecule has 0 radical (unpaired) electrons. The first-order chi connectivity index (χ1) is 6.27. The first kappa shape index (κ1) is 9.07. The Kier molecular flexibility index (Phi) is 2.58. The highest BCUT2D eigenvalue weighted by atomic mass is 79.9. The van der Waals surface area contributed by atoms with Crippen molar-refractivity contribution in [3.8, 4) is 0 Å². The van der Waals surface area contributed by atoms with Crippen LogP contribution in [0.5, 0.6) is 0 Å². The molecule has 0 aromatic heterocycles. The average molecular weight is 240 g/mol. The van der Waals surface area contributed by atoms with Gasteiger partial charge in [-0.1, -0.05) is 15.9 Å². The van der Waals surface area contributed by atoms with Crippen molar-refractivity contribution < 1.29 is 0 Å². The molecular formula is C11H14BrN. The molecule has 1 fully saturated rings. The lowest BCUT2D eigenvalue weighted by Crippen LogP contribution is -2.17. The second-order valence-corrected chi connectivity index (χ2v) is 4.48. The SMILES string of the molecule is Cc1cc(N2CCCC2)ccc1Br.